The molecule has 0 saturated carbocycles. The van der Waals surface area contributed by atoms with Crippen LogP contribution in [-0.4, -0.2) is 59.6 Å². The first-order chi connectivity index (χ1) is 18.4. The molecule has 4 amide bonds. The van der Waals surface area contributed by atoms with E-state index >= 15 is 0 Å². The van der Waals surface area contributed by atoms with Gasteiger partial charge in [-0.15, -0.1) is 11.3 Å². The van der Waals surface area contributed by atoms with Crippen LogP contribution in [0.3, 0.4) is 0 Å². The third-order valence-corrected chi connectivity index (χ3v) is 9.12. The van der Waals surface area contributed by atoms with Crippen LogP contribution in [0, 0.1) is 11.8 Å². The number of anilines is 1. The number of rotatable bonds is 5. The maximum absolute atomic E-state index is 13.6. The van der Waals surface area contributed by atoms with Crippen molar-refractivity contribution in [3.8, 4) is 0 Å². The summed E-state index contributed by atoms with van der Waals surface area (Å²) >= 11 is 1.59. The van der Waals surface area contributed by atoms with Crippen LogP contribution in [0.1, 0.15) is 51.3 Å². The zero-order valence-corrected chi connectivity index (χ0v) is 21.9. The molecule has 1 aromatic heterocycles. The molecule has 196 valence electrons. The van der Waals surface area contributed by atoms with Gasteiger partial charge in [-0.1, -0.05) is 24.3 Å². The largest absolute Gasteiger partial charge is 0.370 e. The minimum Gasteiger partial charge on any atom is -0.370 e. The Morgan fingerprint density at radius 1 is 0.921 bits per heavy atom. The Kier molecular flexibility index (Phi) is 6.39. The molecule has 2 N–H and O–H groups in total. The van der Waals surface area contributed by atoms with E-state index in [1.165, 1.54) is 4.90 Å². The maximum Gasteiger partial charge on any atom is 0.264 e. The Balaban J connectivity index is 1.21. The Morgan fingerprint density at radius 3 is 2.53 bits per heavy atom. The quantitative estimate of drug-likeness (QED) is 0.508. The van der Waals surface area contributed by atoms with Gasteiger partial charge in [-0.2, -0.15) is 0 Å². The van der Waals surface area contributed by atoms with Crippen molar-refractivity contribution in [2.24, 2.45) is 17.6 Å². The Bertz CT molecular complexity index is 1420. The molecule has 9 heteroatoms. The number of fused-ring (bicyclic) bond motifs is 2. The Labute approximate surface area is 225 Å². The number of likely N-dealkylation sites (tertiary alicyclic amines) is 1. The summed E-state index contributed by atoms with van der Waals surface area (Å²) in [7, 11) is 0. The molecule has 6 rings (SSSR count). The van der Waals surface area contributed by atoms with Crippen molar-refractivity contribution in [1.29, 1.82) is 0 Å². The molecule has 0 radical (unpaired) electrons. The predicted molar refractivity (Wildman–Crippen MR) is 146 cm³/mol. The van der Waals surface area contributed by atoms with E-state index in [0.29, 0.717) is 43.0 Å². The van der Waals surface area contributed by atoms with Gasteiger partial charge >= 0.3 is 0 Å². The summed E-state index contributed by atoms with van der Waals surface area (Å²) in [6.45, 7) is 2.44. The van der Waals surface area contributed by atoms with Crippen LogP contribution < -0.4 is 10.6 Å². The molecule has 3 aliphatic heterocycles. The first-order valence-corrected chi connectivity index (χ1v) is 14.0. The molecule has 0 spiro atoms. The van der Waals surface area contributed by atoms with Gasteiger partial charge in [-0.05, 0) is 55.3 Å². The van der Waals surface area contributed by atoms with Gasteiger partial charge in [0.1, 0.15) is 0 Å². The molecule has 3 aliphatic rings. The second-order valence-electron chi connectivity index (χ2n) is 10.5. The number of amides is 4. The predicted octanol–water partition coefficient (Wildman–Crippen LogP) is 3.64. The van der Waals surface area contributed by atoms with Gasteiger partial charge in [-0.3, -0.25) is 24.1 Å². The molecule has 2 fully saturated rings. The molecule has 2 atom stereocenters. The van der Waals surface area contributed by atoms with Gasteiger partial charge in [0.2, 0.25) is 11.8 Å². The van der Waals surface area contributed by atoms with Crippen LogP contribution in [0.15, 0.2) is 48.5 Å². The highest BCUT2D eigenvalue weighted by Crippen LogP contribution is 2.36. The van der Waals surface area contributed by atoms with Crippen LogP contribution in [0.25, 0.3) is 10.1 Å². The molecule has 0 aliphatic carbocycles. The number of nitrogens with zero attached hydrogens (tertiary/aromatic N) is 3. The number of thiophene rings is 1. The minimum absolute atomic E-state index is 0.0435. The summed E-state index contributed by atoms with van der Waals surface area (Å²) in [5.74, 6) is -1.39. The van der Waals surface area contributed by atoms with E-state index in [1.807, 2.05) is 42.5 Å². The number of carbonyl (C=O) groups excluding carboxylic acids is 4. The second kappa shape index (κ2) is 9.87. The van der Waals surface area contributed by atoms with Gasteiger partial charge in [0, 0.05) is 35.8 Å². The average Bonchev–Trinajstić information content (AvgIpc) is 3.47. The van der Waals surface area contributed by atoms with Crippen LogP contribution in [0.2, 0.25) is 0 Å². The van der Waals surface area contributed by atoms with Crippen LogP contribution >= 0.6 is 11.3 Å². The van der Waals surface area contributed by atoms with Crippen molar-refractivity contribution in [2.45, 2.75) is 32.2 Å². The van der Waals surface area contributed by atoms with Crippen molar-refractivity contribution in [2.75, 3.05) is 31.1 Å². The summed E-state index contributed by atoms with van der Waals surface area (Å²) in [5, 5.41) is 1.10. The van der Waals surface area contributed by atoms with E-state index in [-0.39, 0.29) is 42.0 Å². The highest BCUT2D eigenvalue weighted by molar-refractivity contribution is 7.19. The lowest BCUT2D eigenvalue weighted by molar-refractivity contribution is -0.139. The van der Waals surface area contributed by atoms with Gasteiger partial charge < -0.3 is 15.5 Å². The fourth-order valence-electron chi connectivity index (χ4n) is 6.06. The summed E-state index contributed by atoms with van der Waals surface area (Å²) < 4.78 is 1.12. The summed E-state index contributed by atoms with van der Waals surface area (Å²) in [4.78, 5) is 58.2. The topological polar surface area (TPSA) is 104 Å². The number of imide groups is 1. The maximum atomic E-state index is 13.6. The smallest absolute Gasteiger partial charge is 0.264 e. The van der Waals surface area contributed by atoms with E-state index in [4.69, 9.17) is 5.73 Å². The van der Waals surface area contributed by atoms with E-state index in [1.54, 1.807) is 22.3 Å². The molecule has 3 aromatic rings. The van der Waals surface area contributed by atoms with E-state index in [2.05, 4.69) is 4.90 Å². The van der Waals surface area contributed by atoms with Gasteiger partial charge in [0.15, 0.2) is 0 Å². The van der Waals surface area contributed by atoms with Gasteiger partial charge in [-0.25, -0.2) is 0 Å². The van der Waals surface area contributed by atoms with Crippen molar-refractivity contribution in [3.63, 3.8) is 0 Å². The molecule has 4 heterocycles. The van der Waals surface area contributed by atoms with E-state index in [9.17, 15) is 19.2 Å². The zero-order valence-electron chi connectivity index (χ0n) is 21.1. The number of piperidine rings is 2. The molecular formula is C29H30N4O4S. The first kappa shape index (κ1) is 24.6. The Morgan fingerprint density at radius 2 is 1.71 bits per heavy atom. The molecule has 2 aromatic carbocycles. The zero-order chi connectivity index (χ0) is 26.4. The highest BCUT2D eigenvalue weighted by Gasteiger charge is 2.40. The van der Waals surface area contributed by atoms with Crippen LogP contribution in [-0.2, 0) is 16.1 Å². The molecule has 2 saturated heterocycles. The number of benzene rings is 2. The second-order valence-corrected chi connectivity index (χ2v) is 11.6. The first-order valence-electron chi connectivity index (χ1n) is 13.2. The molecule has 8 nitrogen and oxygen atoms in total. The molecular weight excluding hydrogens is 500 g/mol. The molecule has 0 bridgehead atoms. The average molecular weight is 531 g/mol. The summed E-state index contributed by atoms with van der Waals surface area (Å²) in [6.07, 6.45) is 3.06. The fourth-order valence-corrected chi connectivity index (χ4v) is 7.11. The minimum atomic E-state index is -0.351. The van der Waals surface area contributed by atoms with Crippen LogP contribution in [0.5, 0.6) is 0 Å². The Hall–Kier alpha value is -3.72. The SMILES string of the molecule is NC(=O)[C@@H]1CCCN(C(=O)[C@H]2CCCN(c3cccc4c3C(=O)N(Cc3cc5ccccc5s3)C4=O)C2)C1. The third-order valence-electron chi connectivity index (χ3n) is 8.01. The lowest BCUT2D eigenvalue weighted by Crippen LogP contribution is -2.49. The van der Waals surface area contributed by atoms with E-state index < -0.39 is 0 Å². The lowest BCUT2D eigenvalue weighted by atomic mass is 9.92. The van der Waals surface area contributed by atoms with E-state index in [0.717, 1.165) is 40.6 Å². The lowest BCUT2D eigenvalue weighted by Gasteiger charge is -2.38. The van der Waals surface area contributed by atoms with Crippen molar-refractivity contribution < 1.29 is 19.2 Å². The summed E-state index contributed by atoms with van der Waals surface area (Å²) in [6, 6.07) is 15.5. The van der Waals surface area contributed by atoms with Crippen molar-refractivity contribution in [1.82, 2.24) is 9.80 Å². The molecule has 38 heavy (non-hydrogen) atoms. The number of carbonyl (C=O) groups is 4. The van der Waals surface area contributed by atoms with Gasteiger partial charge in [0.25, 0.3) is 11.8 Å². The highest BCUT2D eigenvalue weighted by atomic mass is 32.1. The fraction of sp³-hybridized carbons (Fsp3) is 0.379. The monoisotopic (exact) mass is 530 g/mol. The number of nitrogens with two attached hydrogens (primary N) is 1. The number of hydrogen-bond acceptors (Lipinski definition) is 6. The van der Waals surface area contributed by atoms with Gasteiger partial charge in [0.05, 0.1) is 35.2 Å². The normalized spacial score (nSPS) is 21.7. The number of primary amides is 1. The standard InChI is InChI=1S/C29H30N4O4S/c30-26(34)19-7-4-13-32(15-19)27(35)20-8-5-12-31(16-20)23-10-3-9-22-25(23)29(37)33(28(22)36)17-21-14-18-6-1-2-11-24(18)38-21/h1-3,6,9-11,14,19-20H,4-5,7-8,12-13,15-17H2,(H2,30,34)/t19-,20+/m1/s1. The summed E-state index contributed by atoms with van der Waals surface area (Å²) in [5.41, 5.74) is 7.08. The third kappa shape index (κ3) is 4.34. The number of hydrogen-bond donors (Lipinski definition) is 1. The van der Waals surface area contributed by atoms with Crippen LogP contribution in [0.4, 0.5) is 5.69 Å². The molecule has 0 unspecified atom stereocenters. The van der Waals surface area contributed by atoms with Crippen molar-refractivity contribution >= 4 is 50.7 Å². The van der Waals surface area contributed by atoms with Crippen molar-refractivity contribution in [3.05, 3.63) is 64.5 Å².